The minimum Gasteiger partial charge on any atom is -0.489 e. The van der Waals surface area contributed by atoms with Crippen molar-refractivity contribution in [1.29, 1.82) is 0 Å². The molecule has 0 aliphatic heterocycles. The van der Waals surface area contributed by atoms with Crippen molar-refractivity contribution in [3.8, 4) is 5.75 Å². The monoisotopic (exact) mass is 292 g/mol. The summed E-state index contributed by atoms with van der Waals surface area (Å²) in [5.74, 6) is 0.957. The lowest BCUT2D eigenvalue weighted by Gasteiger charge is -2.23. The van der Waals surface area contributed by atoms with E-state index in [2.05, 4.69) is 63.0 Å². The van der Waals surface area contributed by atoms with Crippen molar-refractivity contribution in [2.45, 2.75) is 59.6 Å². The summed E-state index contributed by atoms with van der Waals surface area (Å²) in [6.07, 6.45) is 2.51. The Kier molecular flexibility index (Phi) is 8.21. The first-order chi connectivity index (χ1) is 10.1. The van der Waals surface area contributed by atoms with Gasteiger partial charge in [-0.1, -0.05) is 19.9 Å². The van der Waals surface area contributed by atoms with Crippen molar-refractivity contribution >= 4 is 5.69 Å². The molecule has 0 aliphatic carbocycles. The van der Waals surface area contributed by atoms with Crippen LogP contribution in [0.1, 0.15) is 47.5 Å². The van der Waals surface area contributed by atoms with Crippen LogP contribution in [0.2, 0.25) is 0 Å². The van der Waals surface area contributed by atoms with Gasteiger partial charge in [0.25, 0.3) is 0 Å². The molecule has 1 aromatic carbocycles. The Hall–Kier alpha value is -1.22. The third-order valence-electron chi connectivity index (χ3n) is 3.96. The van der Waals surface area contributed by atoms with Crippen LogP contribution >= 0.6 is 0 Å². The Morgan fingerprint density at radius 1 is 1.10 bits per heavy atom. The number of rotatable bonds is 10. The standard InChI is InChI=1S/C18H32N2O/c1-6-16(7-2)19-14-15(5)21-18-12-10-11-17(13-18)20(8-3)9-4/h10-13,15-16,19H,6-9,14H2,1-5H3. The fraction of sp³-hybridized carbons (Fsp3) is 0.667. The second-order valence-corrected chi connectivity index (χ2v) is 5.52. The second-order valence-electron chi connectivity index (χ2n) is 5.52. The Morgan fingerprint density at radius 3 is 2.33 bits per heavy atom. The molecule has 0 heterocycles. The maximum absolute atomic E-state index is 6.04. The summed E-state index contributed by atoms with van der Waals surface area (Å²) in [6, 6.07) is 9.00. The second kappa shape index (κ2) is 9.67. The fourth-order valence-electron chi connectivity index (χ4n) is 2.53. The first kappa shape index (κ1) is 17.8. The van der Waals surface area contributed by atoms with Gasteiger partial charge in [0.1, 0.15) is 11.9 Å². The highest BCUT2D eigenvalue weighted by Crippen LogP contribution is 2.21. The van der Waals surface area contributed by atoms with Crippen molar-refractivity contribution in [2.75, 3.05) is 24.5 Å². The number of ether oxygens (including phenoxy) is 1. The largest absolute Gasteiger partial charge is 0.489 e. The van der Waals surface area contributed by atoms with Gasteiger partial charge in [0.2, 0.25) is 0 Å². The Morgan fingerprint density at radius 2 is 1.76 bits per heavy atom. The summed E-state index contributed by atoms with van der Waals surface area (Å²) in [6.45, 7) is 13.9. The van der Waals surface area contributed by atoms with Gasteiger partial charge in [0, 0.05) is 37.4 Å². The van der Waals surface area contributed by atoms with E-state index >= 15 is 0 Å². The minimum absolute atomic E-state index is 0.178. The predicted octanol–water partition coefficient (Wildman–Crippen LogP) is 4.08. The Balaban J connectivity index is 2.56. The molecule has 1 N–H and O–H groups in total. The van der Waals surface area contributed by atoms with Crippen molar-refractivity contribution in [3.05, 3.63) is 24.3 Å². The van der Waals surface area contributed by atoms with E-state index in [4.69, 9.17) is 4.74 Å². The molecule has 3 nitrogen and oxygen atoms in total. The van der Waals surface area contributed by atoms with Gasteiger partial charge in [-0.2, -0.15) is 0 Å². The van der Waals surface area contributed by atoms with E-state index in [0.29, 0.717) is 6.04 Å². The van der Waals surface area contributed by atoms with E-state index in [-0.39, 0.29) is 6.10 Å². The highest BCUT2D eigenvalue weighted by Gasteiger charge is 2.09. The lowest BCUT2D eigenvalue weighted by Crippen LogP contribution is -2.36. The summed E-state index contributed by atoms with van der Waals surface area (Å²) < 4.78 is 6.04. The third-order valence-corrected chi connectivity index (χ3v) is 3.96. The summed E-state index contributed by atoms with van der Waals surface area (Å²) in [5.41, 5.74) is 1.23. The molecule has 21 heavy (non-hydrogen) atoms. The number of benzene rings is 1. The van der Waals surface area contributed by atoms with Crippen molar-refractivity contribution in [1.82, 2.24) is 5.32 Å². The topological polar surface area (TPSA) is 24.5 Å². The SMILES string of the molecule is CCC(CC)NCC(C)Oc1cccc(N(CC)CC)c1. The fourth-order valence-corrected chi connectivity index (χ4v) is 2.53. The molecule has 1 aromatic rings. The van der Waals surface area contributed by atoms with Crippen LogP contribution in [0.25, 0.3) is 0 Å². The summed E-state index contributed by atoms with van der Waals surface area (Å²) in [5, 5.41) is 3.56. The number of hydrogen-bond donors (Lipinski definition) is 1. The molecule has 1 rings (SSSR count). The maximum Gasteiger partial charge on any atom is 0.121 e. The number of nitrogens with one attached hydrogen (secondary N) is 1. The molecule has 3 heteroatoms. The molecule has 0 saturated heterocycles. The quantitative estimate of drug-likeness (QED) is 0.703. The predicted molar refractivity (Wildman–Crippen MR) is 92.5 cm³/mol. The molecule has 0 aliphatic rings. The number of anilines is 1. The van der Waals surface area contributed by atoms with Crippen molar-refractivity contribution < 1.29 is 4.74 Å². The van der Waals surface area contributed by atoms with Crippen LogP contribution in [-0.4, -0.2) is 31.8 Å². The Labute approximate surface area is 130 Å². The van der Waals surface area contributed by atoms with Gasteiger partial charge in [-0.3, -0.25) is 0 Å². The average Bonchev–Trinajstić information content (AvgIpc) is 2.50. The van der Waals surface area contributed by atoms with Gasteiger partial charge in [-0.05, 0) is 45.7 Å². The zero-order chi connectivity index (χ0) is 15.7. The molecule has 0 bridgehead atoms. The van der Waals surface area contributed by atoms with Crippen LogP contribution in [0.4, 0.5) is 5.69 Å². The van der Waals surface area contributed by atoms with Crippen LogP contribution in [0, 0.1) is 0 Å². The van der Waals surface area contributed by atoms with Crippen molar-refractivity contribution in [3.63, 3.8) is 0 Å². The normalized spacial score (nSPS) is 12.5. The van der Waals surface area contributed by atoms with Crippen LogP contribution in [-0.2, 0) is 0 Å². The Bertz CT molecular complexity index is 387. The van der Waals surface area contributed by atoms with Crippen LogP contribution in [0.3, 0.4) is 0 Å². The summed E-state index contributed by atoms with van der Waals surface area (Å²) in [7, 11) is 0. The van der Waals surface area contributed by atoms with Gasteiger partial charge in [0.05, 0.1) is 0 Å². The maximum atomic E-state index is 6.04. The van der Waals surface area contributed by atoms with Crippen LogP contribution in [0.5, 0.6) is 5.75 Å². The van der Waals surface area contributed by atoms with Gasteiger partial charge in [-0.15, -0.1) is 0 Å². The van der Waals surface area contributed by atoms with E-state index < -0.39 is 0 Å². The molecule has 0 aromatic heterocycles. The highest BCUT2D eigenvalue weighted by atomic mass is 16.5. The summed E-state index contributed by atoms with van der Waals surface area (Å²) >= 11 is 0. The van der Waals surface area contributed by atoms with E-state index in [9.17, 15) is 0 Å². The molecule has 0 fully saturated rings. The highest BCUT2D eigenvalue weighted by molar-refractivity contribution is 5.50. The first-order valence-electron chi connectivity index (χ1n) is 8.39. The van der Waals surface area contributed by atoms with Gasteiger partial charge < -0.3 is 15.0 Å². The smallest absolute Gasteiger partial charge is 0.121 e. The molecule has 1 unspecified atom stereocenters. The number of nitrogens with zero attached hydrogens (tertiary/aromatic N) is 1. The molecular weight excluding hydrogens is 260 g/mol. The van der Waals surface area contributed by atoms with E-state index in [1.807, 2.05) is 6.07 Å². The zero-order valence-corrected chi connectivity index (χ0v) is 14.4. The van der Waals surface area contributed by atoms with E-state index in [1.54, 1.807) is 0 Å². The lowest BCUT2D eigenvalue weighted by atomic mass is 10.1. The molecule has 120 valence electrons. The van der Waals surface area contributed by atoms with E-state index in [1.165, 1.54) is 18.5 Å². The van der Waals surface area contributed by atoms with Gasteiger partial charge >= 0.3 is 0 Å². The molecule has 1 atom stereocenters. The summed E-state index contributed by atoms with van der Waals surface area (Å²) in [4.78, 5) is 2.33. The number of hydrogen-bond acceptors (Lipinski definition) is 3. The molecular formula is C18H32N2O. The van der Waals surface area contributed by atoms with Crippen LogP contribution < -0.4 is 15.0 Å². The lowest BCUT2D eigenvalue weighted by molar-refractivity contribution is 0.210. The molecule has 0 radical (unpaired) electrons. The van der Waals surface area contributed by atoms with E-state index in [0.717, 1.165) is 25.4 Å². The average molecular weight is 292 g/mol. The molecule has 0 saturated carbocycles. The first-order valence-corrected chi connectivity index (χ1v) is 8.39. The zero-order valence-electron chi connectivity index (χ0n) is 14.4. The molecule has 0 spiro atoms. The molecule has 0 amide bonds. The van der Waals surface area contributed by atoms with Crippen molar-refractivity contribution in [2.24, 2.45) is 0 Å². The van der Waals surface area contributed by atoms with Crippen LogP contribution in [0.15, 0.2) is 24.3 Å². The minimum atomic E-state index is 0.178. The van der Waals surface area contributed by atoms with Gasteiger partial charge in [0.15, 0.2) is 0 Å². The van der Waals surface area contributed by atoms with Gasteiger partial charge in [-0.25, -0.2) is 0 Å². The third kappa shape index (κ3) is 5.96.